The zero-order valence-electron chi connectivity index (χ0n) is 9.93. The average Bonchev–Trinajstić information content (AvgIpc) is 2.70. The van der Waals surface area contributed by atoms with Crippen molar-refractivity contribution < 1.29 is 9.53 Å². The Kier molecular flexibility index (Phi) is 3.42. The van der Waals surface area contributed by atoms with Gasteiger partial charge in [0.1, 0.15) is 5.00 Å². The number of aryl methyl sites for hydroxylation is 1. The summed E-state index contributed by atoms with van der Waals surface area (Å²) in [6.07, 6.45) is 1.52. The van der Waals surface area contributed by atoms with Gasteiger partial charge in [0.25, 0.3) is 5.91 Å². The summed E-state index contributed by atoms with van der Waals surface area (Å²) in [5, 5.41) is 3.12. The van der Waals surface area contributed by atoms with Gasteiger partial charge in [-0.05, 0) is 24.5 Å². The quantitative estimate of drug-likeness (QED) is 0.880. The van der Waals surface area contributed by atoms with Crippen molar-refractivity contribution in [2.24, 2.45) is 0 Å². The number of carbonyl (C=O) groups is 1. The number of methoxy groups -OCH3 is 1. The molecule has 0 radical (unpaired) electrons. The smallest absolute Gasteiger partial charge is 0.260 e. The van der Waals surface area contributed by atoms with Gasteiger partial charge in [0, 0.05) is 6.07 Å². The van der Waals surface area contributed by atoms with Gasteiger partial charge >= 0.3 is 0 Å². The van der Waals surface area contributed by atoms with E-state index in [0.29, 0.717) is 27.8 Å². The predicted octanol–water partition coefficient (Wildman–Crippen LogP) is 1.69. The van der Waals surface area contributed by atoms with E-state index in [4.69, 9.17) is 10.5 Å². The summed E-state index contributed by atoms with van der Waals surface area (Å²) in [4.78, 5) is 16.0. The van der Waals surface area contributed by atoms with E-state index in [-0.39, 0.29) is 5.91 Å². The number of nitrogens with one attached hydrogen (secondary N) is 1. The number of pyridine rings is 1. The van der Waals surface area contributed by atoms with Gasteiger partial charge in [-0.1, -0.05) is 0 Å². The minimum absolute atomic E-state index is 0.286. The maximum Gasteiger partial charge on any atom is 0.260 e. The van der Waals surface area contributed by atoms with Crippen molar-refractivity contribution in [3.63, 3.8) is 0 Å². The van der Waals surface area contributed by atoms with Gasteiger partial charge in [0.2, 0.25) is 5.88 Å². The van der Waals surface area contributed by atoms with Crippen molar-refractivity contribution in [2.45, 2.75) is 6.92 Å². The number of anilines is 2. The van der Waals surface area contributed by atoms with Crippen molar-refractivity contribution in [1.29, 1.82) is 0 Å². The number of carbonyl (C=O) groups excluding carboxylic acids is 1. The molecular formula is C11H12N4O2S. The first-order valence-electron chi connectivity index (χ1n) is 5.15. The van der Waals surface area contributed by atoms with E-state index in [1.54, 1.807) is 19.1 Å². The Bertz CT molecular complexity index is 545. The minimum Gasteiger partial charge on any atom is -0.481 e. The second-order valence-electron chi connectivity index (χ2n) is 3.55. The zero-order chi connectivity index (χ0) is 13.1. The lowest BCUT2D eigenvalue weighted by molar-refractivity contribution is 0.102. The van der Waals surface area contributed by atoms with Gasteiger partial charge in [0.15, 0.2) is 0 Å². The molecule has 6 nitrogen and oxygen atoms in total. The molecule has 7 heteroatoms. The van der Waals surface area contributed by atoms with Crippen LogP contribution in [-0.4, -0.2) is 22.4 Å². The molecule has 0 aliphatic rings. The van der Waals surface area contributed by atoms with Crippen molar-refractivity contribution >= 4 is 28.1 Å². The second kappa shape index (κ2) is 5.01. The molecule has 3 N–H and O–H groups in total. The van der Waals surface area contributed by atoms with Crippen LogP contribution < -0.4 is 15.8 Å². The molecule has 0 aromatic carbocycles. The van der Waals surface area contributed by atoms with Crippen molar-refractivity contribution in [3.8, 4) is 5.88 Å². The summed E-state index contributed by atoms with van der Waals surface area (Å²) >= 11 is 1.11. The lowest BCUT2D eigenvalue weighted by atomic mass is 10.2. The van der Waals surface area contributed by atoms with Gasteiger partial charge in [0.05, 0.1) is 30.3 Å². The maximum atomic E-state index is 12.0. The van der Waals surface area contributed by atoms with Crippen LogP contribution in [0, 0.1) is 6.92 Å². The number of rotatable bonds is 3. The first-order valence-corrected chi connectivity index (χ1v) is 5.92. The van der Waals surface area contributed by atoms with Gasteiger partial charge in [-0.25, -0.2) is 4.98 Å². The molecule has 0 atom stereocenters. The highest BCUT2D eigenvalue weighted by atomic mass is 32.1. The van der Waals surface area contributed by atoms with Gasteiger partial charge in [-0.2, -0.15) is 4.37 Å². The number of ether oxygens (including phenoxy) is 1. The lowest BCUT2D eigenvalue weighted by Crippen LogP contribution is -2.14. The van der Waals surface area contributed by atoms with E-state index in [1.807, 2.05) is 0 Å². The second-order valence-corrected chi connectivity index (χ2v) is 4.36. The van der Waals surface area contributed by atoms with Crippen LogP contribution in [0.15, 0.2) is 18.3 Å². The van der Waals surface area contributed by atoms with Crippen LogP contribution in [-0.2, 0) is 0 Å². The Morgan fingerprint density at radius 3 is 2.78 bits per heavy atom. The van der Waals surface area contributed by atoms with Gasteiger partial charge < -0.3 is 15.8 Å². The molecule has 2 rings (SSSR count). The summed E-state index contributed by atoms with van der Waals surface area (Å²) in [6, 6.07) is 3.37. The summed E-state index contributed by atoms with van der Waals surface area (Å²) < 4.78 is 8.96. The Hall–Kier alpha value is -2.15. The summed E-state index contributed by atoms with van der Waals surface area (Å²) in [5.74, 6) is 0.201. The highest BCUT2D eigenvalue weighted by Crippen LogP contribution is 2.22. The summed E-state index contributed by atoms with van der Waals surface area (Å²) in [7, 11) is 1.53. The zero-order valence-corrected chi connectivity index (χ0v) is 10.7. The van der Waals surface area contributed by atoms with E-state index in [1.165, 1.54) is 13.3 Å². The summed E-state index contributed by atoms with van der Waals surface area (Å²) in [5.41, 5.74) is 7.31. The Morgan fingerprint density at radius 2 is 2.28 bits per heavy atom. The minimum atomic E-state index is -0.286. The third-order valence-electron chi connectivity index (χ3n) is 2.32. The van der Waals surface area contributed by atoms with E-state index in [9.17, 15) is 4.79 Å². The number of nitrogen functional groups attached to an aromatic ring is 1. The van der Waals surface area contributed by atoms with E-state index >= 15 is 0 Å². The summed E-state index contributed by atoms with van der Waals surface area (Å²) in [6.45, 7) is 1.74. The van der Waals surface area contributed by atoms with Crippen LogP contribution >= 0.6 is 11.5 Å². The van der Waals surface area contributed by atoms with Crippen molar-refractivity contribution in [2.75, 3.05) is 18.2 Å². The third-order valence-corrected chi connectivity index (χ3v) is 3.09. The molecule has 0 spiro atoms. The number of hydrogen-bond acceptors (Lipinski definition) is 6. The Morgan fingerprint density at radius 1 is 1.50 bits per heavy atom. The molecule has 0 aliphatic heterocycles. The molecule has 18 heavy (non-hydrogen) atoms. The van der Waals surface area contributed by atoms with E-state index < -0.39 is 0 Å². The van der Waals surface area contributed by atoms with Crippen LogP contribution in [0.5, 0.6) is 5.88 Å². The topological polar surface area (TPSA) is 90.1 Å². The number of aromatic nitrogens is 2. The van der Waals surface area contributed by atoms with Crippen LogP contribution in [0.4, 0.5) is 10.7 Å². The van der Waals surface area contributed by atoms with Crippen LogP contribution in [0.3, 0.4) is 0 Å². The highest BCUT2D eigenvalue weighted by molar-refractivity contribution is 7.10. The van der Waals surface area contributed by atoms with Gasteiger partial charge in [-0.3, -0.25) is 4.79 Å². The molecule has 94 valence electrons. The molecule has 0 saturated heterocycles. The Labute approximate surface area is 108 Å². The number of hydrogen-bond donors (Lipinski definition) is 2. The molecule has 2 heterocycles. The molecule has 0 fully saturated rings. The molecular weight excluding hydrogens is 252 g/mol. The molecule has 0 bridgehead atoms. The van der Waals surface area contributed by atoms with Gasteiger partial charge in [-0.15, -0.1) is 0 Å². The molecule has 2 aromatic rings. The highest BCUT2D eigenvalue weighted by Gasteiger charge is 2.16. The fourth-order valence-electron chi connectivity index (χ4n) is 1.43. The lowest BCUT2D eigenvalue weighted by Gasteiger charge is -2.05. The van der Waals surface area contributed by atoms with E-state index in [2.05, 4.69) is 14.7 Å². The third kappa shape index (κ3) is 2.40. The molecule has 1 amide bonds. The molecule has 0 unspecified atom stereocenters. The number of nitrogens with two attached hydrogens (primary N) is 1. The maximum absolute atomic E-state index is 12.0. The van der Waals surface area contributed by atoms with Crippen LogP contribution in [0.1, 0.15) is 16.1 Å². The van der Waals surface area contributed by atoms with Crippen LogP contribution in [0.2, 0.25) is 0 Å². The predicted molar refractivity (Wildman–Crippen MR) is 70.0 cm³/mol. The van der Waals surface area contributed by atoms with Crippen LogP contribution in [0.25, 0.3) is 0 Å². The first-order chi connectivity index (χ1) is 8.61. The fourth-order valence-corrected chi connectivity index (χ4v) is 2.09. The Balaban J connectivity index is 2.16. The van der Waals surface area contributed by atoms with Crippen molar-refractivity contribution in [3.05, 3.63) is 29.6 Å². The number of nitrogens with zero attached hydrogens (tertiary/aromatic N) is 2. The largest absolute Gasteiger partial charge is 0.481 e. The van der Waals surface area contributed by atoms with E-state index in [0.717, 1.165) is 11.5 Å². The number of amides is 1. The monoisotopic (exact) mass is 264 g/mol. The fraction of sp³-hybridized carbons (Fsp3) is 0.182. The molecule has 0 saturated carbocycles. The normalized spacial score (nSPS) is 10.1. The molecule has 0 aliphatic carbocycles. The molecule has 2 aromatic heterocycles. The SMILES string of the molecule is COc1ccc(NC(=O)c2c(C)nsc2N)cn1. The first kappa shape index (κ1) is 12.3. The van der Waals surface area contributed by atoms with Crippen molar-refractivity contribution in [1.82, 2.24) is 9.36 Å². The standard InChI is InChI=1S/C11H12N4O2S/c1-6-9(10(12)18-15-6)11(16)14-7-3-4-8(17-2)13-5-7/h3-5H,12H2,1-2H3,(H,14,16). The average molecular weight is 264 g/mol.